The van der Waals surface area contributed by atoms with Crippen molar-refractivity contribution in [2.75, 3.05) is 13.3 Å². The van der Waals surface area contributed by atoms with Crippen LogP contribution in [0.5, 0.6) is 0 Å². The van der Waals surface area contributed by atoms with Crippen LogP contribution in [-0.2, 0) is 18.4 Å². The topological polar surface area (TPSA) is 84.9 Å². The summed E-state index contributed by atoms with van der Waals surface area (Å²) in [5.74, 6) is -0.486. The molecular weight excluding hydrogens is 209 g/mol. The highest BCUT2D eigenvalue weighted by Crippen LogP contribution is 2.42. The molecule has 82 valence electrons. The summed E-state index contributed by atoms with van der Waals surface area (Å²) in [5, 5.41) is 2.17. The summed E-state index contributed by atoms with van der Waals surface area (Å²) in [6, 6.07) is 0. The van der Waals surface area contributed by atoms with Crippen LogP contribution < -0.4 is 5.32 Å². The van der Waals surface area contributed by atoms with Crippen LogP contribution in [0.3, 0.4) is 0 Å². The fourth-order valence-electron chi connectivity index (χ4n) is 0.501. The number of phosphoric acid groups is 1. The number of hydrogen-bond acceptors (Lipinski definition) is 4. The van der Waals surface area contributed by atoms with Gasteiger partial charge < -0.3 is 10.2 Å². The molecule has 1 unspecified atom stereocenters. The van der Waals surface area contributed by atoms with Crippen LogP contribution in [0, 0.1) is 0 Å². The van der Waals surface area contributed by atoms with Crippen molar-refractivity contribution in [2.45, 2.75) is 13.3 Å². The Bertz CT molecular complexity index is 242. The van der Waals surface area contributed by atoms with Crippen molar-refractivity contribution in [1.29, 1.82) is 0 Å². The highest BCUT2D eigenvalue weighted by atomic mass is 31.2. The van der Waals surface area contributed by atoms with Gasteiger partial charge in [-0.3, -0.25) is 13.8 Å². The first-order chi connectivity index (χ1) is 6.52. The number of nitrogens with one attached hydrogen (secondary N) is 1. The van der Waals surface area contributed by atoms with E-state index in [1.165, 1.54) is 0 Å². The summed E-state index contributed by atoms with van der Waals surface area (Å²) < 4.78 is 19.9. The lowest BCUT2D eigenvalue weighted by Gasteiger charge is -2.11. The molecular formula is C7H14NO5P. The van der Waals surface area contributed by atoms with Gasteiger partial charge in [-0.1, -0.05) is 13.5 Å². The molecule has 0 aromatic heterocycles. The average Bonchev–Trinajstić information content (AvgIpc) is 2.14. The second-order valence-corrected chi connectivity index (χ2v) is 3.77. The van der Waals surface area contributed by atoms with Gasteiger partial charge in [-0.15, -0.1) is 0 Å². The molecule has 0 saturated heterocycles. The van der Waals surface area contributed by atoms with E-state index in [-0.39, 0.29) is 13.3 Å². The minimum absolute atomic E-state index is 0.128. The molecule has 0 radical (unpaired) electrons. The molecule has 0 bridgehead atoms. The lowest BCUT2D eigenvalue weighted by molar-refractivity contribution is -0.117. The van der Waals surface area contributed by atoms with Crippen molar-refractivity contribution in [1.82, 2.24) is 5.32 Å². The molecule has 6 nitrogen and oxygen atoms in total. The normalized spacial score (nSPS) is 14.4. The summed E-state index contributed by atoms with van der Waals surface area (Å²) in [6.07, 6.45) is 1.63. The van der Waals surface area contributed by atoms with Crippen LogP contribution in [0.4, 0.5) is 0 Å². The van der Waals surface area contributed by atoms with Gasteiger partial charge in [-0.25, -0.2) is 4.57 Å². The zero-order valence-corrected chi connectivity index (χ0v) is 8.83. The molecule has 0 fully saturated rings. The molecule has 0 saturated carbocycles. The van der Waals surface area contributed by atoms with Gasteiger partial charge in [0, 0.05) is 0 Å². The Kier molecular flexibility index (Phi) is 6.40. The quantitative estimate of drug-likeness (QED) is 0.378. The highest BCUT2D eigenvalue weighted by molar-refractivity contribution is 7.47. The maximum Gasteiger partial charge on any atom is 0.473 e. The molecule has 1 amide bonds. The van der Waals surface area contributed by atoms with E-state index in [0.717, 1.165) is 6.08 Å². The van der Waals surface area contributed by atoms with Gasteiger partial charge in [0.15, 0.2) is 0 Å². The maximum atomic E-state index is 11.0. The molecule has 0 rings (SSSR count). The number of rotatable bonds is 7. The average molecular weight is 223 g/mol. The summed E-state index contributed by atoms with van der Waals surface area (Å²) >= 11 is 0. The first-order valence-electron chi connectivity index (χ1n) is 4.04. The molecule has 0 aromatic rings. The Labute approximate surface area is 82.5 Å². The summed E-state index contributed by atoms with van der Waals surface area (Å²) in [7, 11) is -4.02. The van der Waals surface area contributed by atoms with Crippen molar-refractivity contribution in [3.63, 3.8) is 0 Å². The molecule has 14 heavy (non-hydrogen) atoms. The van der Waals surface area contributed by atoms with E-state index in [2.05, 4.69) is 20.9 Å². The number of carbonyl (C=O) groups excluding carboxylic acids is 1. The zero-order valence-electron chi connectivity index (χ0n) is 7.93. The first kappa shape index (κ1) is 13.3. The Morgan fingerprint density at radius 3 is 2.79 bits per heavy atom. The lowest BCUT2D eigenvalue weighted by Crippen LogP contribution is -2.23. The van der Waals surface area contributed by atoms with Crippen LogP contribution in [0.1, 0.15) is 13.3 Å². The molecule has 0 spiro atoms. The van der Waals surface area contributed by atoms with Gasteiger partial charge in [0.05, 0.1) is 6.61 Å². The molecule has 2 N–H and O–H groups in total. The number of hydrogen-bond donors (Lipinski definition) is 2. The van der Waals surface area contributed by atoms with E-state index in [1.807, 2.05) is 0 Å². The second kappa shape index (κ2) is 6.73. The van der Waals surface area contributed by atoms with Crippen LogP contribution in [0.2, 0.25) is 0 Å². The van der Waals surface area contributed by atoms with Crippen molar-refractivity contribution in [2.24, 2.45) is 0 Å². The van der Waals surface area contributed by atoms with E-state index in [9.17, 15) is 9.36 Å². The Morgan fingerprint density at radius 1 is 1.64 bits per heavy atom. The SMILES string of the molecule is C=CC(=O)NCOP(=O)(O)OCCC. The van der Waals surface area contributed by atoms with Crippen LogP contribution >= 0.6 is 7.82 Å². The van der Waals surface area contributed by atoms with Crippen molar-refractivity contribution in [3.8, 4) is 0 Å². The monoisotopic (exact) mass is 223 g/mol. The third-order valence-electron chi connectivity index (χ3n) is 1.12. The van der Waals surface area contributed by atoms with Crippen molar-refractivity contribution < 1.29 is 23.3 Å². The molecule has 1 atom stereocenters. The van der Waals surface area contributed by atoms with E-state index in [4.69, 9.17) is 4.89 Å². The maximum absolute atomic E-state index is 11.0. The van der Waals surface area contributed by atoms with E-state index in [0.29, 0.717) is 6.42 Å². The predicted octanol–water partition coefficient (Wildman–Crippen LogP) is 0.790. The number of phosphoric ester groups is 1. The molecule has 0 heterocycles. The van der Waals surface area contributed by atoms with Crippen LogP contribution in [-0.4, -0.2) is 24.1 Å². The number of amides is 1. The molecule has 0 aliphatic heterocycles. The minimum atomic E-state index is -4.02. The van der Waals surface area contributed by atoms with E-state index in [1.54, 1.807) is 6.92 Å². The standard InChI is InChI=1S/C7H14NO5P/c1-3-5-12-14(10,11)13-6-8-7(9)4-2/h4H,2-3,5-6H2,1H3,(H,8,9)(H,10,11). The third-order valence-corrected chi connectivity index (χ3v) is 2.08. The van der Waals surface area contributed by atoms with Crippen LogP contribution in [0.25, 0.3) is 0 Å². The Balaban J connectivity index is 3.70. The lowest BCUT2D eigenvalue weighted by atomic mass is 10.5. The summed E-state index contributed by atoms with van der Waals surface area (Å²) in [5.41, 5.74) is 0. The Morgan fingerprint density at radius 2 is 2.29 bits per heavy atom. The van der Waals surface area contributed by atoms with Gasteiger partial charge in [0.1, 0.15) is 6.73 Å². The predicted molar refractivity (Wildman–Crippen MR) is 50.4 cm³/mol. The highest BCUT2D eigenvalue weighted by Gasteiger charge is 2.19. The molecule has 0 aromatic carbocycles. The van der Waals surface area contributed by atoms with Crippen molar-refractivity contribution in [3.05, 3.63) is 12.7 Å². The molecule has 7 heteroatoms. The fraction of sp³-hybridized carbons (Fsp3) is 0.571. The molecule has 0 aliphatic rings. The van der Waals surface area contributed by atoms with Gasteiger partial charge in [-0.05, 0) is 12.5 Å². The van der Waals surface area contributed by atoms with Gasteiger partial charge in [-0.2, -0.15) is 0 Å². The van der Waals surface area contributed by atoms with E-state index < -0.39 is 13.7 Å². The third kappa shape index (κ3) is 6.80. The van der Waals surface area contributed by atoms with Gasteiger partial charge in [0.2, 0.25) is 5.91 Å². The molecule has 0 aliphatic carbocycles. The fourth-order valence-corrected chi connectivity index (χ4v) is 1.22. The summed E-state index contributed by atoms with van der Waals surface area (Å²) in [6.45, 7) is 4.73. The Hall–Kier alpha value is -0.680. The summed E-state index contributed by atoms with van der Waals surface area (Å²) in [4.78, 5) is 19.6. The van der Waals surface area contributed by atoms with Gasteiger partial charge >= 0.3 is 7.82 Å². The second-order valence-electron chi connectivity index (χ2n) is 2.32. The smallest absolute Gasteiger partial charge is 0.329 e. The largest absolute Gasteiger partial charge is 0.473 e. The van der Waals surface area contributed by atoms with Crippen LogP contribution in [0.15, 0.2) is 12.7 Å². The zero-order chi connectivity index (χ0) is 11.0. The minimum Gasteiger partial charge on any atom is -0.329 e. The van der Waals surface area contributed by atoms with Gasteiger partial charge in [0.25, 0.3) is 0 Å². The van der Waals surface area contributed by atoms with Crippen molar-refractivity contribution >= 4 is 13.7 Å². The first-order valence-corrected chi connectivity index (χ1v) is 5.53. The number of carbonyl (C=O) groups is 1. The van der Waals surface area contributed by atoms with E-state index >= 15 is 0 Å².